The minimum Gasteiger partial charge on any atom is -0.366 e. The molecule has 3 aliphatic heterocycles. The number of hydrogen-bond acceptors (Lipinski definition) is 9. The van der Waals surface area contributed by atoms with Crippen molar-refractivity contribution in [3.8, 4) is 0 Å². The van der Waals surface area contributed by atoms with E-state index in [2.05, 4.69) is 65.7 Å². The third kappa shape index (κ3) is 5.11. The van der Waals surface area contributed by atoms with Crippen LogP contribution in [0.4, 0.5) is 11.6 Å². The first-order chi connectivity index (χ1) is 17.2. The quantitative estimate of drug-likeness (QED) is 0.463. The molecule has 1 aromatic heterocycles. The summed E-state index contributed by atoms with van der Waals surface area (Å²) in [7, 11) is 0. The van der Waals surface area contributed by atoms with Crippen LogP contribution in [0.2, 0.25) is 0 Å². The van der Waals surface area contributed by atoms with Crippen molar-refractivity contribution in [1.82, 2.24) is 36.2 Å². The average molecular weight is 478 g/mol. The van der Waals surface area contributed by atoms with Crippen molar-refractivity contribution in [2.24, 2.45) is 0 Å². The summed E-state index contributed by atoms with van der Waals surface area (Å²) in [5, 5.41) is 3.50. The third-order valence-electron chi connectivity index (χ3n) is 7.88. The number of hydrogen-bond donors (Lipinski definition) is 4. The Labute approximate surface area is 206 Å². The molecule has 10 heteroatoms. The van der Waals surface area contributed by atoms with Gasteiger partial charge in [-0.1, -0.05) is 24.3 Å². The number of likely N-dealkylation sites (tertiary alicyclic amines) is 1. The van der Waals surface area contributed by atoms with Crippen LogP contribution in [-0.4, -0.2) is 89.6 Å². The molecule has 3 saturated heterocycles. The summed E-state index contributed by atoms with van der Waals surface area (Å²) in [6.07, 6.45) is 7.49. The highest BCUT2D eigenvalue weighted by atomic mass is 16.2. The molecule has 186 valence electrons. The summed E-state index contributed by atoms with van der Waals surface area (Å²) in [4.78, 5) is 28.7. The van der Waals surface area contributed by atoms with E-state index in [0.29, 0.717) is 30.5 Å². The molecule has 10 nitrogen and oxygen atoms in total. The van der Waals surface area contributed by atoms with Gasteiger partial charge in [-0.3, -0.25) is 9.69 Å². The van der Waals surface area contributed by atoms with E-state index in [9.17, 15) is 4.79 Å². The Kier molecular flexibility index (Phi) is 6.51. The summed E-state index contributed by atoms with van der Waals surface area (Å²) < 4.78 is 0. The van der Waals surface area contributed by atoms with E-state index in [0.717, 1.165) is 70.8 Å². The number of anilines is 2. The predicted molar refractivity (Wildman–Crippen MR) is 135 cm³/mol. The number of piperidine rings is 1. The molecule has 1 aromatic carbocycles. The molecular formula is C25H35N9O. The third-order valence-corrected chi connectivity index (χ3v) is 7.88. The zero-order valence-electron chi connectivity index (χ0n) is 20.1. The summed E-state index contributed by atoms with van der Waals surface area (Å²) in [5.74, 6) is 0.966. The lowest BCUT2D eigenvalue weighted by Crippen LogP contribution is -2.53. The number of benzene rings is 1. The molecule has 2 aromatic rings. The minimum atomic E-state index is 0.265. The normalized spacial score (nSPS) is 24.9. The molecule has 2 unspecified atom stereocenters. The lowest BCUT2D eigenvalue weighted by Gasteiger charge is -2.37. The van der Waals surface area contributed by atoms with Gasteiger partial charge in [0.1, 0.15) is 0 Å². The monoisotopic (exact) mass is 477 g/mol. The molecular weight excluding hydrogens is 442 g/mol. The van der Waals surface area contributed by atoms with Crippen LogP contribution < -0.4 is 26.6 Å². The van der Waals surface area contributed by atoms with Gasteiger partial charge in [-0.05, 0) is 30.4 Å². The highest BCUT2D eigenvalue weighted by Crippen LogP contribution is 2.24. The second-order valence-corrected chi connectivity index (χ2v) is 10.1. The first kappa shape index (κ1) is 22.7. The summed E-state index contributed by atoms with van der Waals surface area (Å²) in [5.41, 5.74) is 13.3. The van der Waals surface area contributed by atoms with E-state index in [1.165, 1.54) is 11.1 Å². The Morgan fingerprint density at radius 1 is 0.971 bits per heavy atom. The molecule has 4 aliphatic rings. The highest BCUT2D eigenvalue weighted by molar-refractivity contribution is 5.76. The van der Waals surface area contributed by atoms with Crippen LogP contribution >= 0.6 is 0 Å². The number of rotatable bonds is 6. The molecule has 2 atom stereocenters. The first-order valence-corrected chi connectivity index (χ1v) is 12.9. The number of piperazine rings is 1. The van der Waals surface area contributed by atoms with E-state index in [1.807, 2.05) is 17.3 Å². The Balaban J connectivity index is 0.932. The topological polar surface area (TPSA) is 101 Å². The lowest BCUT2D eigenvalue weighted by atomic mass is 10.0. The summed E-state index contributed by atoms with van der Waals surface area (Å²) in [6.45, 7) is 6.19. The van der Waals surface area contributed by atoms with E-state index in [-0.39, 0.29) is 5.91 Å². The molecule has 0 radical (unpaired) electrons. The van der Waals surface area contributed by atoms with Gasteiger partial charge in [0.15, 0.2) is 0 Å². The fourth-order valence-electron chi connectivity index (χ4n) is 5.77. The van der Waals surface area contributed by atoms with Crippen LogP contribution in [0.5, 0.6) is 0 Å². The highest BCUT2D eigenvalue weighted by Gasteiger charge is 2.34. The van der Waals surface area contributed by atoms with Gasteiger partial charge in [0.05, 0.1) is 24.1 Å². The molecule has 35 heavy (non-hydrogen) atoms. The number of carbonyl (C=O) groups is 1. The Morgan fingerprint density at radius 2 is 1.69 bits per heavy atom. The van der Waals surface area contributed by atoms with E-state index in [4.69, 9.17) is 0 Å². The van der Waals surface area contributed by atoms with E-state index < -0.39 is 0 Å². The number of hydrazine groups is 2. The fourth-order valence-corrected chi connectivity index (χ4v) is 5.77. The number of nitrogens with zero attached hydrogens (tertiary/aromatic N) is 5. The van der Waals surface area contributed by atoms with E-state index in [1.54, 1.807) is 0 Å². The van der Waals surface area contributed by atoms with Crippen molar-refractivity contribution < 1.29 is 4.79 Å². The maximum Gasteiger partial charge on any atom is 0.223 e. The summed E-state index contributed by atoms with van der Waals surface area (Å²) >= 11 is 0. The molecule has 4 N–H and O–H groups in total. The minimum absolute atomic E-state index is 0.265. The van der Waals surface area contributed by atoms with Crippen LogP contribution in [0.25, 0.3) is 0 Å². The van der Waals surface area contributed by atoms with Crippen LogP contribution in [0.3, 0.4) is 0 Å². The van der Waals surface area contributed by atoms with Crippen molar-refractivity contribution in [2.45, 2.75) is 43.8 Å². The molecule has 0 bridgehead atoms. The number of fused-ring (bicyclic) bond motifs is 2. The first-order valence-electron chi connectivity index (χ1n) is 12.9. The van der Waals surface area contributed by atoms with Crippen LogP contribution in [0.1, 0.15) is 24.0 Å². The van der Waals surface area contributed by atoms with Crippen LogP contribution in [0, 0.1) is 0 Å². The van der Waals surface area contributed by atoms with Gasteiger partial charge in [-0.25, -0.2) is 20.8 Å². The van der Waals surface area contributed by atoms with Crippen molar-refractivity contribution in [3.63, 3.8) is 0 Å². The molecule has 0 saturated carbocycles. The molecule has 4 heterocycles. The number of aromatic nitrogens is 2. The van der Waals surface area contributed by atoms with Crippen molar-refractivity contribution in [1.29, 1.82) is 0 Å². The molecule has 3 fully saturated rings. The molecule has 6 rings (SSSR count). The SMILES string of the molecule is O=C(CCN1CCN(c2cnc(NC3Cc4ccccc4C3)nc2)CC1)N1CCC2NNNC2C1. The Morgan fingerprint density at radius 3 is 2.43 bits per heavy atom. The van der Waals surface area contributed by atoms with Crippen LogP contribution in [-0.2, 0) is 17.6 Å². The van der Waals surface area contributed by atoms with Crippen molar-refractivity contribution in [2.75, 3.05) is 56.0 Å². The Bertz CT molecular complexity index is 999. The zero-order valence-corrected chi connectivity index (χ0v) is 20.1. The molecule has 1 aliphatic carbocycles. The second kappa shape index (κ2) is 10.1. The average Bonchev–Trinajstić information content (AvgIpc) is 3.54. The van der Waals surface area contributed by atoms with Gasteiger partial charge in [0.25, 0.3) is 0 Å². The molecule has 0 spiro atoms. The lowest BCUT2D eigenvalue weighted by molar-refractivity contribution is -0.133. The fraction of sp³-hybridized carbons (Fsp3) is 0.560. The predicted octanol–water partition coefficient (Wildman–Crippen LogP) is 0.150. The maximum atomic E-state index is 12.7. The number of nitrogens with one attached hydrogen (secondary N) is 4. The number of carbonyl (C=O) groups excluding carboxylic acids is 1. The largest absolute Gasteiger partial charge is 0.366 e. The molecule has 1 amide bonds. The zero-order chi connectivity index (χ0) is 23.6. The van der Waals surface area contributed by atoms with Gasteiger partial charge in [0.2, 0.25) is 11.9 Å². The van der Waals surface area contributed by atoms with E-state index >= 15 is 0 Å². The second-order valence-electron chi connectivity index (χ2n) is 10.1. The number of amides is 1. The van der Waals surface area contributed by atoms with Gasteiger partial charge in [-0.2, -0.15) is 5.53 Å². The van der Waals surface area contributed by atoms with Gasteiger partial charge >= 0.3 is 0 Å². The van der Waals surface area contributed by atoms with Gasteiger partial charge in [0, 0.05) is 64.3 Å². The standard InChI is InChI=1S/C25H35N9O/c35-24(34-8-5-22-23(17-34)30-31-29-22)6-7-32-9-11-33(12-10-32)21-15-26-25(27-16-21)28-20-13-18-3-1-2-4-19(18)14-20/h1-4,15-16,20,22-23,29-31H,5-14,17H2,(H,26,27,28). The van der Waals surface area contributed by atoms with Gasteiger partial charge < -0.3 is 15.1 Å². The summed E-state index contributed by atoms with van der Waals surface area (Å²) in [6, 6.07) is 9.71. The smallest absolute Gasteiger partial charge is 0.223 e. The van der Waals surface area contributed by atoms with Crippen LogP contribution in [0.15, 0.2) is 36.7 Å². The maximum absolute atomic E-state index is 12.7. The van der Waals surface area contributed by atoms with Gasteiger partial charge in [-0.15, -0.1) is 0 Å². The van der Waals surface area contributed by atoms with Crippen molar-refractivity contribution in [3.05, 3.63) is 47.8 Å². The Hall–Kier alpha value is -2.79. The van der Waals surface area contributed by atoms with Crippen molar-refractivity contribution >= 4 is 17.5 Å².